The molecule has 1 heterocycles. The van der Waals surface area contributed by atoms with Gasteiger partial charge >= 0.3 is 0 Å². The van der Waals surface area contributed by atoms with E-state index in [9.17, 15) is 9.90 Å². The first-order valence-electron chi connectivity index (χ1n) is 4.99. The maximum atomic E-state index is 11.2. The Labute approximate surface area is 102 Å². The molecule has 2 rings (SSSR count). The van der Waals surface area contributed by atoms with Crippen LogP contribution in [0.15, 0.2) is 18.2 Å². The van der Waals surface area contributed by atoms with Crippen molar-refractivity contribution in [2.75, 3.05) is 17.3 Å². The fourth-order valence-corrected chi connectivity index (χ4v) is 1.77. The zero-order valence-corrected chi connectivity index (χ0v) is 10.2. The van der Waals surface area contributed by atoms with Crippen molar-refractivity contribution in [2.45, 2.75) is 12.5 Å². The van der Waals surface area contributed by atoms with Crippen LogP contribution in [0.25, 0.3) is 0 Å². The Bertz CT molecular complexity index is 408. The van der Waals surface area contributed by atoms with Gasteiger partial charge in [-0.05, 0) is 12.1 Å². The van der Waals surface area contributed by atoms with Crippen molar-refractivity contribution in [3.63, 3.8) is 0 Å². The van der Waals surface area contributed by atoms with Crippen molar-refractivity contribution in [3.8, 4) is 5.75 Å². The molecule has 0 saturated carbocycles. The van der Waals surface area contributed by atoms with E-state index >= 15 is 0 Å². The summed E-state index contributed by atoms with van der Waals surface area (Å²) < 4.78 is 5.48. The van der Waals surface area contributed by atoms with E-state index in [1.54, 1.807) is 6.07 Å². The van der Waals surface area contributed by atoms with Gasteiger partial charge in [0.15, 0.2) is 0 Å². The van der Waals surface area contributed by atoms with Gasteiger partial charge in [0.1, 0.15) is 12.4 Å². The zero-order valence-electron chi connectivity index (χ0n) is 8.57. The summed E-state index contributed by atoms with van der Waals surface area (Å²) in [5, 5.41) is 12.6. The number of anilines is 1. The first-order chi connectivity index (χ1) is 7.70. The van der Waals surface area contributed by atoms with Crippen LogP contribution in [-0.4, -0.2) is 29.1 Å². The summed E-state index contributed by atoms with van der Waals surface area (Å²) in [6.07, 6.45) is -0.198. The summed E-state index contributed by atoms with van der Waals surface area (Å²) in [5.41, 5.74) is 1.67. The van der Waals surface area contributed by atoms with Gasteiger partial charge in [-0.3, -0.25) is 4.79 Å². The molecule has 0 fully saturated rings. The van der Waals surface area contributed by atoms with Gasteiger partial charge in [0.05, 0.1) is 12.5 Å². The van der Waals surface area contributed by atoms with Gasteiger partial charge in [0.2, 0.25) is 5.91 Å². The van der Waals surface area contributed by atoms with Gasteiger partial charge in [-0.1, -0.05) is 22.0 Å². The van der Waals surface area contributed by atoms with Crippen molar-refractivity contribution >= 4 is 27.5 Å². The number of aliphatic hydroxyl groups is 1. The molecule has 2 N–H and O–H groups in total. The minimum atomic E-state index is -0.541. The van der Waals surface area contributed by atoms with Crippen LogP contribution < -0.4 is 10.1 Å². The third kappa shape index (κ3) is 2.36. The predicted octanol–water partition coefficient (Wildman–Crippen LogP) is 1.32. The highest BCUT2D eigenvalue weighted by Crippen LogP contribution is 2.31. The summed E-state index contributed by atoms with van der Waals surface area (Å²) in [7, 11) is 0. The highest BCUT2D eigenvalue weighted by atomic mass is 79.9. The first-order valence-corrected chi connectivity index (χ1v) is 6.11. The lowest BCUT2D eigenvalue weighted by Gasteiger charge is -2.12. The average molecular weight is 286 g/mol. The molecular weight excluding hydrogens is 274 g/mol. The van der Waals surface area contributed by atoms with E-state index in [-0.39, 0.29) is 12.5 Å². The molecule has 1 aromatic carbocycles. The SMILES string of the molecule is O=C1Cc2c(cccc2OCC(O)CBr)N1. The third-order valence-corrected chi connectivity index (χ3v) is 3.10. The number of hydrogen-bond donors (Lipinski definition) is 2. The van der Waals surface area contributed by atoms with Gasteiger partial charge in [-0.25, -0.2) is 0 Å². The number of aliphatic hydroxyl groups excluding tert-OH is 1. The molecule has 0 aliphatic carbocycles. The monoisotopic (exact) mass is 285 g/mol. The lowest BCUT2D eigenvalue weighted by molar-refractivity contribution is -0.115. The largest absolute Gasteiger partial charge is 0.490 e. The Hall–Kier alpha value is -1.07. The van der Waals surface area contributed by atoms with E-state index in [0.29, 0.717) is 17.5 Å². The second-order valence-electron chi connectivity index (χ2n) is 3.63. The van der Waals surface area contributed by atoms with Crippen LogP contribution in [0.5, 0.6) is 5.75 Å². The number of benzene rings is 1. The lowest BCUT2D eigenvalue weighted by Crippen LogP contribution is -2.19. The molecule has 0 saturated heterocycles. The number of fused-ring (bicyclic) bond motifs is 1. The van der Waals surface area contributed by atoms with E-state index in [4.69, 9.17) is 4.74 Å². The van der Waals surface area contributed by atoms with E-state index in [1.165, 1.54) is 0 Å². The molecule has 16 heavy (non-hydrogen) atoms. The smallest absolute Gasteiger partial charge is 0.229 e. The molecule has 1 aromatic rings. The number of alkyl halides is 1. The molecule has 1 aliphatic rings. The Kier molecular flexibility index (Phi) is 3.46. The topological polar surface area (TPSA) is 58.6 Å². The summed E-state index contributed by atoms with van der Waals surface area (Å²) in [4.78, 5) is 11.2. The normalized spacial score (nSPS) is 15.5. The number of halogens is 1. The van der Waals surface area contributed by atoms with E-state index < -0.39 is 6.10 Å². The molecule has 1 unspecified atom stereocenters. The molecular formula is C11H12BrNO3. The van der Waals surface area contributed by atoms with Crippen LogP contribution in [-0.2, 0) is 11.2 Å². The molecule has 1 atom stereocenters. The molecule has 1 amide bonds. The fraction of sp³-hybridized carbons (Fsp3) is 0.364. The lowest BCUT2D eigenvalue weighted by atomic mass is 10.1. The average Bonchev–Trinajstić information content (AvgIpc) is 2.66. The van der Waals surface area contributed by atoms with Gasteiger partial charge < -0.3 is 15.2 Å². The Morgan fingerprint density at radius 3 is 3.12 bits per heavy atom. The standard InChI is InChI=1S/C11H12BrNO3/c12-5-7(14)6-16-10-3-1-2-9-8(10)4-11(15)13-9/h1-3,7,14H,4-6H2,(H,13,15). The Morgan fingerprint density at radius 2 is 2.38 bits per heavy atom. The molecule has 86 valence electrons. The van der Waals surface area contributed by atoms with Gasteiger partial charge in [0, 0.05) is 16.6 Å². The molecule has 0 bridgehead atoms. The Morgan fingerprint density at radius 1 is 1.56 bits per heavy atom. The fourth-order valence-electron chi connectivity index (χ4n) is 1.59. The van der Waals surface area contributed by atoms with Crippen LogP contribution in [0.2, 0.25) is 0 Å². The second-order valence-corrected chi connectivity index (χ2v) is 4.27. The highest BCUT2D eigenvalue weighted by molar-refractivity contribution is 9.09. The molecule has 0 aromatic heterocycles. The zero-order chi connectivity index (χ0) is 11.5. The van der Waals surface area contributed by atoms with Crippen molar-refractivity contribution in [3.05, 3.63) is 23.8 Å². The second kappa shape index (κ2) is 4.84. The van der Waals surface area contributed by atoms with E-state index in [2.05, 4.69) is 21.2 Å². The maximum absolute atomic E-state index is 11.2. The number of nitrogens with one attached hydrogen (secondary N) is 1. The number of carbonyl (C=O) groups excluding carboxylic acids is 1. The molecule has 1 aliphatic heterocycles. The van der Waals surface area contributed by atoms with Crippen LogP contribution >= 0.6 is 15.9 Å². The summed E-state index contributed by atoms with van der Waals surface area (Å²) in [6, 6.07) is 5.47. The number of carbonyl (C=O) groups is 1. The Balaban J connectivity index is 2.11. The minimum Gasteiger partial charge on any atom is -0.490 e. The summed E-state index contributed by atoms with van der Waals surface area (Å²) in [5.74, 6) is 0.642. The van der Waals surface area contributed by atoms with Crippen LogP contribution in [0, 0.1) is 0 Å². The number of rotatable bonds is 4. The molecule has 4 nitrogen and oxygen atoms in total. The van der Waals surface area contributed by atoms with Gasteiger partial charge in [0.25, 0.3) is 0 Å². The number of ether oxygens (including phenoxy) is 1. The summed E-state index contributed by atoms with van der Waals surface area (Å²) in [6.45, 7) is 0.218. The van der Waals surface area contributed by atoms with Crippen LogP contribution in [0.3, 0.4) is 0 Å². The van der Waals surface area contributed by atoms with Gasteiger partial charge in [-0.2, -0.15) is 0 Å². The van der Waals surface area contributed by atoms with Crippen molar-refractivity contribution in [1.29, 1.82) is 0 Å². The van der Waals surface area contributed by atoms with Crippen LogP contribution in [0.4, 0.5) is 5.69 Å². The maximum Gasteiger partial charge on any atom is 0.229 e. The third-order valence-electron chi connectivity index (χ3n) is 2.35. The van der Waals surface area contributed by atoms with Crippen molar-refractivity contribution in [1.82, 2.24) is 0 Å². The van der Waals surface area contributed by atoms with E-state index in [1.807, 2.05) is 12.1 Å². The first kappa shape index (κ1) is 11.4. The van der Waals surface area contributed by atoms with Crippen LogP contribution in [0.1, 0.15) is 5.56 Å². The number of hydrogen-bond acceptors (Lipinski definition) is 3. The molecule has 0 spiro atoms. The predicted molar refractivity (Wildman–Crippen MR) is 64.1 cm³/mol. The quantitative estimate of drug-likeness (QED) is 0.821. The highest BCUT2D eigenvalue weighted by Gasteiger charge is 2.21. The molecule has 0 radical (unpaired) electrons. The van der Waals surface area contributed by atoms with Crippen molar-refractivity contribution < 1.29 is 14.6 Å². The van der Waals surface area contributed by atoms with Gasteiger partial charge in [-0.15, -0.1) is 0 Å². The summed E-state index contributed by atoms with van der Waals surface area (Å²) >= 11 is 3.16. The molecule has 5 heteroatoms. The number of amides is 1. The minimum absolute atomic E-state index is 0.0212. The van der Waals surface area contributed by atoms with Crippen molar-refractivity contribution in [2.24, 2.45) is 0 Å². The van der Waals surface area contributed by atoms with E-state index in [0.717, 1.165) is 11.3 Å².